The lowest BCUT2D eigenvalue weighted by atomic mass is 9.92. The number of halogens is 1. The van der Waals surface area contributed by atoms with Crippen LogP contribution in [0.5, 0.6) is 0 Å². The minimum absolute atomic E-state index is 0.00257. The zero-order valence-corrected chi connectivity index (χ0v) is 19.9. The molecular formula is C22H23BrN2O6S. The maximum Gasteiger partial charge on any atom is 0.410 e. The molecule has 2 aromatic rings. The Morgan fingerprint density at radius 1 is 1.16 bits per heavy atom. The molecule has 2 aliphatic heterocycles. The third kappa shape index (κ3) is 4.39. The molecule has 2 aromatic carbocycles. The Morgan fingerprint density at radius 2 is 1.88 bits per heavy atom. The second-order valence-corrected chi connectivity index (χ2v) is 10.8. The predicted molar refractivity (Wildman–Crippen MR) is 120 cm³/mol. The zero-order valence-electron chi connectivity index (χ0n) is 17.5. The molecule has 1 spiro atoms. The molecule has 1 amide bonds. The molecule has 2 saturated heterocycles. The van der Waals surface area contributed by atoms with Gasteiger partial charge in [-0.3, -0.25) is 4.90 Å². The van der Waals surface area contributed by atoms with Crippen molar-refractivity contribution in [3.8, 4) is 0 Å². The molecule has 2 fully saturated rings. The van der Waals surface area contributed by atoms with E-state index in [4.69, 9.17) is 9.47 Å². The molecule has 0 saturated carbocycles. The molecule has 0 aliphatic carbocycles. The second kappa shape index (κ2) is 8.84. The number of hydrogen-bond acceptors (Lipinski definition) is 6. The molecule has 2 heterocycles. The van der Waals surface area contributed by atoms with E-state index in [9.17, 15) is 18.0 Å². The first-order chi connectivity index (χ1) is 15.2. The summed E-state index contributed by atoms with van der Waals surface area (Å²) in [6, 6.07) is 13.7. The van der Waals surface area contributed by atoms with Crippen molar-refractivity contribution in [2.75, 3.05) is 26.7 Å². The molecule has 0 aromatic heterocycles. The van der Waals surface area contributed by atoms with Gasteiger partial charge in [0.15, 0.2) is 0 Å². The highest BCUT2D eigenvalue weighted by atomic mass is 79.9. The molecule has 170 valence electrons. The van der Waals surface area contributed by atoms with Crippen LogP contribution in [0.3, 0.4) is 0 Å². The molecule has 0 unspecified atom stereocenters. The Balaban J connectivity index is 1.46. The summed E-state index contributed by atoms with van der Waals surface area (Å²) in [6.07, 6.45) is 0.373. The van der Waals surface area contributed by atoms with Crippen LogP contribution in [0.1, 0.15) is 28.8 Å². The number of ether oxygens (including phenoxy) is 2. The highest BCUT2D eigenvalue weighted by molar-refractivity contribution is 9.10. The van der Waals surface area contributed by atoms with E-state index in [-0.39, 0.29) is 23.5 Å². The van der Waals surface area contributed by atoms with E-state index < -0.39 is 27.7 Å². The Bertz CT molecular complexity index is 1140. The van der Waals surface area contributed by atoms with E-state index in [2.05, 4.69) is 15.9 Å². The fourth-order valence-electron chi connectivity index (χ4n) is 4.17. The second-order valence-electron chi connectivity index (χ2n) is 7.93. The van der Waals surface area contributed by atoms with Gasteiger partial charge in [-0.25, -0.2) is 18.0 Å². The monoisotopic (exact) mass is 522 g/mol. The predicted octanol–water partition coefficient (Wildman–Crippen LogP) is 3.41. The molecule has 10 heteroatoms. The number of carbonyl (C=O) groups excluding carboxylic acids is 2. The number of sulfonamides is 1. The Hall–Kier alpha value is -2.43. The number of methoxy groups -OCH3 is 1. The quantitative estimate of drug-likeness (QED) is 0.558. The standard InChI is InChI=1S/C22H23BrN2O6S/c1-30-20(26)18-7-2-3-8-19(18)32(28,29)25-11-9-22(10-12-25)15-24(21(27)31-22)14-16-5-4-6-17(23)13-16/h2-8,13H,9-12,14-15H2,1H3. The first-order valence-corrected chi connectivity index (χ1v) is 12.4. The van der Waals surface area contributed by atoms with Crippen LogP contribution in [-0.4, -0.2) is 62.0 Å². The van der Waals surface area contributed by atoms with Gasteiger partial charge in [0.25, 0.3) is 0 Å². The summed E-state index contributed by atoms with van der Waals surface area (Å²) in [7, 11) is -2.69. The van der Waals surface area contributed by atoms with E-state index in [1.165, 1.54) is 23.5 Å². The van der Waals surface area contributed by atoms with Gasteiger partial charge >= 0.3 is 12.1 Å². The number of benzene rings is 2. The van der Waals surface area contributed by atoms with Crippen LogP contribution in [-0.2, 0) is 26.0 Å². The van der Waals surface area contributed by atoms with Crippen molar-refractivity contribution in [2.45, 2.75) is 29.9 Å². The lowest BCUT2D eigenvalue weighted by molar-refractivity contribution is 0.0171. The number of amides is 1. The summed E-state index contributed by atoms with van der Waals surface area (Å²) >= 11 is 3.43. The van der Waals surface area contributed by atoms with Gasteiger partial charge in [-0.15, -0.1) is 0 Å². The average molecular weight is 523 g/mol. The third-order valence-corrected chi connectivity index (χ3v) is 8.30. The fraction of sp³-hybridized carbons (Fsp3) is 0.364. The van der Waals surface area contributed by atoms with E-state index in [0.717, 1.165) is 10.0 Å². The number of carbonyl (C=O) groups is 2. The van der Waals surface area contributed by atoms with Gasteiger partial charge in [0, 0.05) is 36.9 Å². The van der Waals surface area contributed by atoms with Gasteiger partial charge in [-0.1, -0.05) is 40.2 Å². The molecule has 0 N–H and O–H groups in total. The van der Waals surface area contributed by atoms with Crippen LogP contribution in [0.4, 0.5) is 4.79 Å². The molecule has 8 nitrogen and oxygen atoms in total. The first-order valence-electron chi connectivity index (χ1n) is 10.1. The minimum atomic E-state index is -3.90. The number of hydrogen-bond donors (Lipinski definition) is 0. The first kappa shape index (κ1) is 22.8. The summed E-state index contributed by atoms with van der Waals surface area (Å²) in [6.45, 7) is 1.21. The van der Waals surface area contributed by atoms with Crippen molar-refractivity contribution in [1.29, 1.82) is 0 Å². The molecule has 4 rings (SSSR count). The van der Waals surface area contributed by atoms with Crippen molar-refractivity contribution in [3.63, 3.8) is 0 Å². The number of rotatable bonds is 5. The van der Waals surface area contributed by atoms with Crippen molar-refractivity contribution < 1.29 is 27.5 Å². The Labute approximate surface area is 195 Å². The highest BCUT2D eigenvalue weighted by Gasteiger charge is 2.48. The van der Waals surface area contributed by atoms with Crippen LogP contribution in [0.2, 0.25) is 0 Å². The largest absolute Gasteiger partial charge is 0.465 e. The fourth-order valence-corrected chi connectivity index (χ4v) is 6.24. The zero-order chi connectivity index (χ0) is 22.9. The van der Waals surface area contributed by atoms with Crippen molar-refractivity contribution in [3.05, 3.63) is 64.1 Å². The molecule has 0 atom stereocenters. The van der Waals surface area contributed by atoms with Crippen molar-refractivity contribution in [1.82, 2.24) is 9.21 Å². The van der Waals surface area contributed by atoms with Gasteiger partial charge in [-0.2, -0.15) is 4.31 Å². The Morgan fingerprint density at radius 3 is 2.56 bits per heavy atom. The number of nitrogens with zero attached hydrogens (tertiary/aromatic N) is 2. The van der Waals surface area contributed by atoms with Gasteiger partial charge in [0.2, 0.25) is 10.0 Å². The maximum atomic E-state index is 13.2. The van der Waals surface area contributed by atoms with Crippen LogP contribution in [0.25, 0.3) is 0 Å². The third-order valence-electron chi connectivity index (χ3n) is 5.85. The van der Waals surface area contributed by atoms with Gasteiger partial charge in [0.1, 0.15) is 5.60 Å². The Kier molecular flexibility index (Phi) is 6.28. The van der Waals surface area contributed by atoms with Gasteiger partial charge in [-0.05, 0) is 29.8 Å². The summed E-state index contributed by atoms with van der Waals surface area (Å²) in [5, 5.41) is 0. The van der Waals surface area contributed by atoms with E-state index in [1.54, 1.807) is 17.0 Å². The van der Waals surface area contributed by atoms with Gasteiger partial charge < -0.3 is 9.47 Å². The van der Waals surface area contributed by atoms with Crippen LogP contribution in [0, 0.1) is 0 Å². The number of esters is 1. The lowest BCUT2D eigenvalue weighted by Crippen LogP contribution is -2.48. The van der Waals surface area contributed by atoms with E-state index in [1.807, 2.05) is 24.3 Å². The van der Waals surface area contributed by atoms with Crippen LogP contribution in [0.15, 0.2) is 57.9 Å². The molecule has 32 heavy (non-hydrogen) atoms. The highest BCUT2D eigenvalue weighted by Crippen LogP contribution is 2.36. The molecular weight excluding hydrogens is 500 g/mol. The summed E-state index contributed by atoms with van der Waals surface area (Å²) < 4.78 is 39.2. The van der Waals surface area contributed by atoms with Crippen LogP contribution < -0.4 is 0 Å². The van der Waals surface area contributed by atoms with Crippen molar-refractivity contribution in [2.24, 2.45) is 0 Å². The van der Waals surface area contributed by atoms with E-state index >= 15 is 0 Å². The van der Waals surface area contributed by atoms with Gasteiger partial charge in [0.05, 0.1) is 24.1 Å². The lowest BCUT2D eigenvalue weighted by Gasteiger charge is -2.36. The normalized spacial score (nSPS) is 18.6. The van der Waals surface area contributed by atoms with E-state index in [0.29, 0.717) is 25.9 Å². The topological polar surface area (TPSA) is 93.2 Å². The smallest absolute Gasteiger partial charge is 0.410 e. The summed E-state index contributed by atoms with van der Waals surface area (Å²) in [5.41, 5.74) is 0.271. The minimum Gasteiger partial charge on any atom is -0.465 e. The molecule has 0 radical (unpaired) electrons. The molecule has 0 bridgehead atoms. The number of piperidine rings is 1. The average Bonchev–Trinajstić information content (AvgIpc) is 3.07. The summed E-state index contributed by atoms with van der Waals surface area (Å²) in [4.78, 5) is 26.1. The SMILES string of the molecule is COC(=O)c1ccccc1S(=O)(=O)N1CCC2(CC1)CN(Cc1cccc(Br)c1)C(=O)O2. The molecule has 2 aliphatic rings. The van der Waals surface area contributed by atoms with Crippen molar-refractivity contribution >= 4 is 38.0 Å². The van der Waals surface area contributed by atoms with Crippen LogP contribution >= 0.6 is 15.9 Å². The maximum absolute atomic E-state index is 13.2. The summed E-state index contributed by atoms with van der Waals surface area (Å²) in [5.74, 6) is -0.703.